The van der Waals surface area contributed by atoms with Crippen LogP contribution in [0.3, 0.4) is 0 Å². The van der Waals surface area contributed by atoms with E-state index in [2.05, 4.69) is 25.6 Å². The fourth-order valence-corrected chi connectivity index (χ4v) is 3.52. The first-order valence-corrected chi connectivity index (χ1v) is 8.75. The number of aryl methyl sites for hydroxylation is 2. The minimum Gasteiger partial charge on any atom is -0.355 e. The molecule has 2 aromatic heterocycles. The Kier molecular flexibility index (Phi) is 4.92. The van der Waals surface area contributed by atoms with Gasteiger partial charge in [0.1, 0.15) is 0 Å². The number of carbonyl (C=O) groups is 1. The Balaban J connectivity index is 1.71. The van der Waals surface area contributed by atoms with Gasteiger partial charge in [0.25, 0.3) is 0 Å². The van der Waals surface area contributed by atoms with Crippen molar-refractivity contribution in [2.45, 2.75) is 39.7 Å². The number of hydrogen-bond donors (Lipinski definition) is 2. The average molecular weight is 342 g/mol. The number of anilines is 2. The molecule has 1 atom stereocenters. The summed E-state index contributed by atoms with van der Waals surface area (Å²) >= 11 is 0. The highest BCUT2D eigenvalue weighted by Crippen LogP contribution is 2.26. The van der Waals surface area contributed by atoms with Crippen LogP contribution in [0.1, 0.15) is 42.8 Å². The van der Waals surface area contributed by atoms with Crippen molar-refractivity contribution in [3.05, 3.63) is 35.3 Å². The molecule has 0 aliphatic carbocycles. The molecule has 0 radical (unpaired) electrons. The second-order valence-corrected chi connectivity index (χ2v) is 6.60. The van der Waals surface area contributed by atoms with E-state index >= 15 is 0 Å². The second kappa shape index (κ2) is 7.13. The van der Waals surface area contributed by atoms with Crippen molar-refractivity contribution in [2.24, 2.45) is 7.05 Å². The van der Waals surface area contributed by atoms with Crippen LogP contribution < -0.4 is 15.5 Å². The largest absolute Gasteiger partial charge is 0.355 e. The van der Waals surface area contributed by atoms with E-state index in [9.17, 15) is 4.79 Å². The topological polar surface area (TPSA) is 75.1 Å². The zero-order chi connectivity index (χ0) is 18.0. The molecule has 1 aliphatic rings. The minimum absolute atomic E-state index is 0.124. The van der Waals surface area contributed by atoms with Gasteiger partial charge in [-0.05, 0) is 45.7 Å². The third-order valence-corrected chi connectivity index (χ3v) is 4.79. The molecule has 3 heterocycles. The quantitative estimate of drug-likeness (QED) is 0.896. The van der Waals surface area contributed by atoms with Crippen LogP contribution in [0.5, 0.6) is 0 Å². The minimum atomic E-state index is -0.233. The Morgan fingerprint density at radius 2 is 2.00 bits per heavy atom. The Bertz CT molecular complexity index is 763. The van der Waals surface area contributed by atoms with Crippen LogP contribution in [0.2, 0.25) is 0 Å². The molecule has 7 heteroatoms. The molecule has 0 unspecified atom stereocenters. The highest BCUT2D eigenvalue weighted by molar-refractivity contribution is 5.92. The second-order valence-electron chi connectivity index (χ2n) is 6.60. The molecule has 2 amide bonds. The van der Waals surface area contributed by atoms with Gasteiger partial charge in [0.2, 0.25) is 0 Å². The summed E-state index contributed by atoms with van der Waals surface area (Å²) in [4.78, 5) is 19.2. The average Bonchev–Trinajstić information content (AvgIpc) is 3.17. The normalized spacial score (nSPS) is 15.3. The first kappa shape index (κ1) is 17.3. The molecule has 134 valence electrons. The van der Waals surface area contributed by atoms with Crippen LogP contribution in [0, 0.1) is 13.8 Å². The summed E-state index contributed by atoms with van der Waals surface area (Å²) in [5.41, 5.74) is 3.80. The van der Waals surface area contributed by atoms with Gasteiger partial charge < -0.3 is 15.5 Å². The lowest BCUT2D eigenvalue weighted by molar-refractivity contribution is 0.249. The SMILES string of the molecule is Cc1nn(C)c(C)c1[C@H](C)NC(=O)Nc1cccnc1N1CCCC1. The summed E-state index contributed by atoms with van der Waals surface area (Å²) in [5.74, 6) is 0.844. The van der Waals surface area contributed by atoms with Gasteiger partial charge in [-0.2, -0.15) is 5.10 Å². The standard InChI is InChI=1S/C18H26N6O/c1-12(16-13(2)22-23(4)14(16)3)20-18(25)21-15-8-7-9-19-17(15)24-10-5-6-11-24/h7-9,12H,5-6,10-11H2,1-4H3,(H2,20,21,25)/t12-/m0/s1. The third-order valence-electron chi connectivity index (χ3n) is 4.79. The van der Waals surface area contributed by atoms with Gasteiger partial charge in [-0.25, -0.2) is 9.78 Å². The number of urea groups is 1. The maximum absolute atomic E-state index is 12.5. The van der Waals surface area contributed by atoms with E-state index in [0.717, 1.165) is 41.5 Å². The highest BCUT2D eigenvalue weighted by atomic mass is 16.2. The lowest BCUT2D eigenvalue weighted by Crippen LogP contribution is -2.32. The van der Waals surface area contributed by atoms with E-state index in [1.807, 2.05) is 44.6 Å². The predicted molar refractivity (Wildman–Crippen MR) is 98.9 cm³/mol. The number of nitrogens with one attached hydrogen (secondary N) is 2. The van der Waals surface area contributed by atoms with E-state index in [1.165, 1.54) is 12.8 Å². The first-order valence-electron chi connectivity index (χ1n) is 8.75. The van der Waals surface area contributed by atoms with E-state index in [1.54, 1.807) is 6.20 Å². The fraction of sp³-hybridized carbons (Fsp3) is 0.500. The molecule has 2 N–H and O–H groups in total. The van der Waals surface area contributed by atoms with Crippen molar-refractivity contribution in [3.63, 3.8) is 0 Å². The Labute approximate surface area is 148 Å². The maximum atomic E-state index is 12.5. The van der Waals surface area contributed by atoms with Gasteiger partial charge >= 0.3 is 6.03 Å². The van der Waals surface area contributed by atoms with Gasteiger partial charge in [0.05, 0.1) is 17.4 Å². The lowest BCUT2D eigenvalue weighted by atomic mass is 10.1. The lowest BCUT2D eigenvalue weighted by Gasteiger charge is -2.21. The summed E-state index contributed by atoms with van der Waals surface area (Å²) in [6, 6.07) is 3.38. The molecule has 0 aromatic carbocycles. The van der Waals surface area contributed by atoms with Crippen LogP contribution in [0.25, 0.3) is 0 Å². The third kappa shape index (κ3) is 3.60. The summed E-state index contributed by atoms with van der Waals surface area (Å²) < 4.78 is 1.84. The highest BCUT2D eigenvalue weighted by Gasteiger charge is 2.20. The monoisotopic (exact) mass is 342 g/mol. The number of carbonyl (C=O) groups excluding carboxylic acids is 1. The van der Waals surface area contributed by atoms with Gasteiger partial charge in [0.15, 0.2) is 5.82 Å². The van der Waals surface area contributed by atoms with Crippen LogP contribution in [0.15, 0.2) is 18.3 Å². The Hall–Kier alpha value is -2.57. The van der Waals surface area contributed by atoms with Crippen molar-refractivity contribution in [1.82, 2.24) is 20.1 Å². The summed E-state index contributed by atoms with van der Waals surface area (Å²) in [7, 11) is 1.91. The van der Waals surface area contributed by atoms with Crippen molar-refractivity contribution >= 4 is 17.5 Å². The fourth-order valence-electron chi connectivity index (χ4n) is 3.52. The molecule has 3 rings (SSSR count). The summed E-state index contributed by atoms with van der Waals surface area (Å²) in [6.07, 6.45) is 4.10. The predicted octanol–water partition coefficient (Wildman–Crippen LogP) is 2.91. The number of pyridine rings is 1. The molecule has 1 fully saturated rings. The molecule has 2 aromatic rings. The summed E-state index contributed by atoms with van der Waals surface area (Å²) in [6.45, 7) is 7.92. The molecule has 1 aliphatic heterocycles. The number of hydrogen-bond acceptors (Lipinski definition) is 4. The Morgan fingerprint density at radius 3 is 2.64 bits per heavy atom. The molecule has 0 saturated carbocycles. The van der Waals surface area contributed by atoms with Crippen molar-refractivity contribution in [3.8, 4) is 0 Å². The van der Waals surface area contributed by atoms with Crippen molar-refractivity contribution in [2.75, 3.05) is 23.3 Å². The maximum Gasteiger partial charge on any atom is 0.319 e. The van der Waals surface area contributed by atoms with Crippen molar-refractivity contribution in [1.29, 1.82) is 0 Å². The van der Waals surface area contributed by atoms with Crippen LogP contribution in [-0.2, 0) is 7.05 Å². The van der Waals surface area contributed by atoms with Crippen LogP contribution >= 0.6 is 0 Å². The number of nitrogens with zero attached hydrogens (tertiary/aromatic N) is 4. The smallest absolute Gasteiger partial charge is 0.319 e. The molecular formula is C18H26N6O. The zero-order valence-corrected chi connectivity index (χ0v) is 15.3. The molecular weight excluding hydrogens is 316 g/mol. The van der Waals surface area contributed by atoms with Crippen LogP contribution in [0.4, 0.5) is 16.3 Å². The Morgan fingerprint density at radius 1 is 1.28 bits per heavy atom. The van der Waals surface area contributed by atoms with E-state index < -0.39 is 0 Å². The number of aromatic nitrogens is 3. The van der Waals surface area contributed by atoms with E-state index in [-0.39, 0.29) is 12.1 Å². The molecule has 25 heavy (non-hydrogen) atoms. The zero-order valence-electron chi connectivity index (χ0n) is 15.3. The van der Waals surface area contributed by atoms with Crippen LogP contribution in [-0.4, -0.2) is 33.9 Å². The first-order chi connectivity index (χ1) is 12.0. The summed E-state index contributed by atoms with van der Waals surface area (Å²) in [5, 5.41) is 10.4. The number of amides is 2. The molecule has 1 saturated heterocycles. The van der Waals surface area contributed by atoms with E-state index in [4.69, 9.17) is 0 Å². The molecule has 0 bridgehead atoms. The molecule has 7 nitrogen and oxygen atoms in total. The van der Waals surface area contributed by atoms with Gasteiger partial charge in [-0.3, -0.25) is 4.68 Å². The number of rotatable bonds is 4. The van der Waals surface area contributed by atoms with E-state index in [0.29, 0.717) is 0 Å². The van der Waals surface area contributed by atoms with Gasteiger partial charge in [-0.15, -0.1) is 0 Å². The van der Waals surface area contributed by atoms with Crippen molar-refractivity contribution < 1.29 is 4.79 Å². The molecule has 0 spiro atoms. The van der Waals surface area contributed by atoms with Gasteiger partial charge in [0, 0.05) is 37.6 Å². The van der Waals surface area contributed by atoms with Gasteiger partial charge in [-0.1, -0.05) is 0 Å².